The summed E-state index contributed by atoms with van der Waals surface area (Å²) in [5, 5.41) is 10.5. The molecular formula is C16H31IN4O2. The van der Waals surface area contributed by atoms with Crippen molar-refractivity contribution in [1.82, 2.24) is 15.8 Å². The van der Waals surface area contributed by atoms with Crippen LogP contribution in [0.1, 0.15) is 45.6 Å². The van der Waals surface area contributed by atoms with Gasteiger partial charge in [0.25, 0.3) is 0 Å². The number of aromatic nitrogens is 1. The van der Waals surface area contributed by atoms with Crippen molar-refractivity contribution in [1.29, 1.82) is 0 Å². The maximum atomic E-state index is 5.56. The molecule has 0 aromatic carbocycles. The molecule has 0 unspecified atom stereocenters. The van der Waals surface area contributed by atoms with E-state index in [2.05, 4.69) is 41.6 Å². The van der Waals surface area contributed by atoms with E-state index in [1.807, 2.05) is 13.0 Å². The van der Waals surface area contributed by atoms with Crippen molar-refractivity contribution in [2.45, 2.75) is 47.1 Å². The van der Waals surface area contributed by atoms with Gasteiger partial charge in [-0.1, -0.05) is 25.9 Å². The number of nitrogens with one attached hydrogen (secondary N) is 2. The third-order valence-electron chi connectivity index (χ3n) is 2.92. The first-order valence-corrected chi connectivity index (χ1v) is 8.20. The van der Waals surface area contributed by atoms with Gasteiger partial charge in [0.15, 0.2) is 11.7 Å². The summed E-state index contributed by atoms with van der Waals surface area (Å²) in [7, 11) is 0. The normalized spacial score (nSPS) is 11.4. The van der Waals surface area contributed by atoms with Crippen LogP contribution in [-0.2, 0) is 17.7 Å². The van der Waals surface area contributed by atoms with Crippen molar-refractivity contribution in [3.8, 4) is 0 Å². The molecule has 0 radical (unpaired) electrons. The van der Waals surface area contributed by atoms with Crippen molar-refractivity contribution in [2.75, 3.05) is 26.3 Å². The Balaban J connectivity index is 0.00000484. The number of rotatable bonds is 10. The van der Waals surface area contributed by atoms with Gasteiger partial charge < -0.3 is 19.9 Å². The van der Waals surface area contributed by atoms with Crippen LogP contribution in [0.25, 0.3) is 0 Å². The first-order valence-electron chi connectivity index (χ1n) is 8.20. The molecule has 0 aliphatic carbocycles. The van der Waals surface area contributed by atoms with Gasteiger partial charge in [-0.25, -0.2) is 4.99 Å². The Kier molecular flexibility index (Phi) is 13.1. The van der Waals surface area contributed by atoms with Gasteiger partial charge >= 0.3 is 0 Å². The first kappa shape index (κ1) is 22.2. The SMILES string of the molecule is CCNC(=NCc1cc(CC)no1)NCCCOCC(C)C.I. The standard InChI is InChI=1S/C16H30N4O2.HI/c1-5-14-10-15(22-20-14)11-19-16(17-6-2)18-8-7-9-21-12-13(3)4;/h10,13H,5-9,11-12H2,1-4H3,(H2,17,18,19);1H. The molecule has 1 aromatic rings. The smallest absolute Gasteiger partial charge is 0.191 e. The minimum atomic E-state index is 0. The molecule has 0 bridgehead atoms. The molecular weight excluding hydrogens is 407 g/mol. The number of halogens is 1. The fraction of sp³-hybridized carbons (Fsp3) is 0.750. The fourth-order valence-corrected chi connectivity index (χ4v) is 1.80. The molecule has 0 spiro atoms. The van der Waals surface area contributed by atoms with E-state index in [0.29, 0.717) is 12.5 Å². The second-order valence-electron chi connectivity index (χ2n) is 5.58. The van der Waals surface area contributed by atoms with Gasteiger partial charge in [0.05, 0.1) is 5.69 Å². The highest BCUT2D eigenvalue weighted by molar-refractivity contribution is 14.0. The lowest BCUT2D eigenvalue weighted by Gasteiger charge is -2.11. The maximum Gasteiger partial charge on any atom is 0.191 e. The zero-order chi connectivity index (χ0) is 16.2. The Morgan fingerprint density at radius 2 is 2.13 bits per heavy atom. The average Bonchev–Trinajstić information content (AvgIpc) is 2.96. The van der Waals surface area contributed by atoms with Crippen LogP contribution in [-0.4, -0.2) is 37.4 Å². The predicted molar refractivity (Wildman–Crippen MR) is 104 cm³/mol. The first-order chi connectivity index (χ1) is 10.7. The van der Waals surface area contributed by atoms with Gasteiger partial charge in [0.2, 0.25) is 0 Å². The quantitative estimate of drug-likeness (QED) is 0.254. The predicted octanol–water partition coefficient (Wildman–Crippen LogP) is 2.97. The molecule has 0 amide bonds. The molecule has 1 rings (SSSR count). The van der Waals surface area contributed by atoms with Gasteiger partial charge in [-0.3, -0.25) is 0 Å². The lowest BCUT2D eigenvalue weighted by atomic mass is 10.2. The van der Waals surface area contributed by atoms with Crippen LogP contribution in [0.4, 0.5) is 0 Å². The Morgan fingerprint density at radius 3 is 2.74 bits per heavy atom. The van der Waals surface area contributed by atoms with Gasteiger partial charge in [-0.15, -0.1) is 24.0 Å². The second kappa shape index (κ2) is 13.6. The van der Waals surface area contributed by atoms with Gasteiger partial charge in [-0.05, 0) is 25.7 Å². The molecule has 0 saturated heterocycles. The summed E-state index contributed by atoms with van der Waals surface area (Å²) >= 11 is 0. The van der Waals surface area contributed by atoms with Crippen LogP contribution in [0.5, 0.6) is 0 Å². The summed E-state index contributed by atoms with van der Waals surface area (Å²) in [5.41, 5.74) is 0.963. The molecule has 0 fully saturated rings. The summed E-state index contributed by atoms with van der Waals surface area (Å²) in [5.74, 6) is 2.16. The Hall–Kier alpha value is -0.830. The van der Waals surface area contributed by atoms with Gasteiger partial charge in [-0.2, -0.15) is 0 Å². The van der Waals surface area contributed by atoms with E-state index >= 15 is 0 Å². The van der Waals surface area contributed by atoms with E-state index in [1.165, 1.54) is 0 Å². The van der Waals surface area contributed by atoms with E-state index in [-0.39, 0.29) is 24.0 Å². The van der Waals surface area contributed by atoms with Crippen LogP contribution >= 0.6 is 24.0 Å². The molecule has 6 nitrogen and oxygen atoms in total. The van der Waals surface area contributed by atoms with E-state index in [9.17, 15) is 0 Å². The third kappa shape index (κ3) is 10.5. The van der Waals surface area contributed by atoms with E-state index in [0.717, 1.165) is 56.6 Å². The molecule has 0 aliphatic heterocycles. The summed E-state index contributed by atoms with van der Waals surface area (Å²) < 4.78 is 10.8. The largest absolute Gasteiger partial charge is 0.381 e. The second-order valence-corrected chi connectivity index (χ2v) is 5.58. The molecule has 1 heterocycles. The minimum Gasteiger partial charge on any atom is -0.381 e. The Bertz CT molecular complexity index is 435. The number of guanidine groups is 1. The third-order valence-corrected chi connectivity index (χ3v) is 2.92. The Labute approximate surface area is 156 Å². The lowest BCUT2D eigenvalue weighted by molar-refractivity contribution is 0.108. The number of aliphatic imine (C=N–C) groups is 1. The number of nitrogens with zero attached hydrogens (tertiary/aromatic N) is 2. The van der Waals surface area contributed by atoms with Crippen molar-refractivity contribution < 1.29 is 9.26 Å². The maximum absolute atomic E-state index is 5.56. The molecule has 0 aliphatic rings. The molecule has 7 heteroatoms. The van der Waals surface area contributed by atoms with Gasteiger partial charge in [0, 0.05) is 32.4 Å². The summed E-state index contributed by atoms with van der Waals surface area (Å²) in [6.07, 6.45) is 1.83. The number of hydrogen-bond donors (Lipinski definition) is 2. The van der Waals surface area contributed by atoms with E-state index < -0.39 is 0 Å². The molecule has 23 heavy (non-hydrogen) atoms. The molecule has 0 saturated carbocycles. The zero-order valence-corrected chi connectivity index (χ0v) is 17.1. The van der Waals surface area contributed by atoms with Crippen LogP contribution in [0.3, 0.4) is 0 Å². The minimum absolute atomic E-state index is 0. The number of hydrogen-bond acceptors (Lipinski definition) is 4. The highest BCUT2D eigenvalue weighted by Gasteiger charge is 2.03. The summed E-state index contributed by atoms with van der Waals surface area (Å²) in [6, 6.07) is 1.95. The van der Waals surface area contributed by atoms with Crippen molar-refractivity contribution in [2.24, 2.45) is 10.9 Å². The average molecular weight is 438 g/mol. The molecule has 0 atom stereocenters. The van der Waals surface area contributed by atoms with Crippen molar-refractivity contribution in [3.63, 3.8) is 0 Å². The highest BCUT2D eigenvalue weighted by atomic mass is 127. The van der Waals surface area contributed by atoms with Crippen LogP contribution in [0.15, 0.2) is 15.6 Å². The lowest BCUT2D eigenvalue weighted by Crippen LogP contribution is -2.38. The van der Waals surface area contributed by atoms with Crippen LogP contribution in [0.2, 0.25) is 0 Å². The molecule has 1 aromatic heterocycles. The topological polar surface area (TPSA) is 71.7 Å². The summed E-state index contributed by atoms with van der Waals surface area (Å²) in [6.45, 7) is 12.2. The number of aryl methyl sites for hydroxylation is 1. The van der Waals surface area contributed by atoms with E-state index in [1.54, 1.807) is 0 Å². The zero-order valence-electron chi connectivity index (χ0n) is 14.7. The monoisotopic (exact) mass is 438 g/mol. The van der Waals surface area contributed by atoms with Crippen LogP contribution < -0.4 is 10.6 Å². The van der Waals surface area contributed by atoms with Crippen molar-refractivity contribution >= 4 is 29.9 Å². The van der Waals surface area contributed by atoms with Crippen molar-refractivity contribution in [3.05, 3.63) is 17.5 Å². The number of ether oxygens (including phenoxy) is 1. The summed E-state index contributed by atoms with van der Waals surface area (Å²) in [4.78, 5) is 4.50. The Morgan fingerprint density at radius 1 is 1.35 bits per heavy atom. The van der Waals surface area contributed by atoms with E-state index in [4.69, 9.17) is 9.26 Å². The fourth-order valence-electron chi connectivity index (χ4n) is 1.80. The molecule has 134 valence electrons. The van der Waals surface area contributed by atoms with Crippen LogP contribution in [0, 0.1) is 5.92 Å². The highest BCUT2D eigenvalue weighted by Crippen LogP contribution is 2.05. The molecule has 2 N–H and O–H groups in total. The van der Waals surface area contributed by atoms with Gasteiger partial charge in [0.1, 0.15) is 6.54 Å².